The summed E-state index contributed by atoms with van der Waals surface area (Å²) >= 11 is 0. The second-order valence-corrected chi connectivity index (χ2v) is 8.45. The molecule has 32 heavy (non-hydrogen) atoms. The second kappa shape index (κ2) is 8.68. The van der Waals surface area contributed by atoms with Crippen LogP contribution in [0.15, 0.2) is 84.4 Å². The van der Waals surface area contributed by atoms with Crippen molar-refractivity contribution in [1.82, 2.24) is 0 Å². The number of methoxy groups -OCH3 is 2. The van der Waals surface area contributed by atoms with Crippen LogP contribution in [0, 0.1) is 11.8 Å². The zero-order valence-corrected chi connectivity index (χ0v) is 18.7. The highest BCUT2D eigenvalue weighted by molar-refractivity contribution is 5.61. The summed E-state index contributed by atoms with van der Waals surface area (Å²) < 4.78 is 18.1. The maximum Gasteiger partial charge on any atom is 0.125 e. The minimum absolute atomic E-state index is 0.0644. The van der Waals surface area contributed by atoms with Gasteiger partial charge in [0.1, 0.15) is 11.5 Å². The quantitative estimate of drug-likeness (QED) is 0.432. The summed E-state index contributed by atoms with van der Waals surface area (Å²) in [5, 5.41) is 0. The second-order valence-electron chi connectivity index (χ2n) is 8.45. The van der Waals surface area contributed by atoms with Gasteiger partial charge < -0.3 is 14.2 Å². The fourth-order valence-corrected chi connectivity index (χ4v) is 5.23. The van der Waals surface area contributed by atoms with Crippen molar-refractivity contribution >= 4 is 12.2 Å². The summed E-state index contributed by atoms with van der Waals surface area (Å²) in [5.41, 5.74) is 5.96. The Morgan fingerprint density at radius 3 is 1.91 bits per heavy atom. The van der Waals surface area contributed by atoms with E-state index in [-0.39, 0.29) is 24.0 Å². The highest BCUT2D eigenvalue weighted by atomic mass is 16.5. The van der Waals surface area contributed by atoms with Crippen molar-refractivity contribution in [1.29, 1.82) is 0 Å². The Kier molecular flexibility index (Phi) is 5.59. The third-order valence-electron chi connectivity index (χ3n) is 6.63. The predicted molar refractivity (Wildman–Crippen MR) is 129 cm³/mol. The van der Waals surface area contributed by atoms with Gasteiger partial charge in [0, 0.05) is 23.0 Å². The van der Waals surface area contributed by atoms with Crippen LogP contribution < -0.4 is 9.47 Å². The number of hydrogen-bond donors (Lipinski definition) is 0. The largest absolute Gasteiger partial charge is 0.496 e. The van der Waals surface area contributed by atoms with E-state index in [1.807, 2.05) is 24.3 Å². The van der Waals surface area contributed by atoms with Gasteiger partial charge in [-0.3, -0.25) is 0 Å². The first-order chi connectivity index (χ1) is 15.7. The monoisotopic (exact) mass is 424 g/mol. The lowest BCUT2D eigenvalue weighted by Gasteiger charge is -2.30. The molecule has 0 saturated carbocycles. The molecule has 162 valence electrons. The van der Waals surface area contributed by atoms with Gasteiger partial charge in [-0.05, 0) is 30.2 Å². The molecule has 1 saturated heterocycles. The van der Waals surface area contributed by atoms with Gasteiger partial charge in [0.05, 0.1) is 26.4 Å². The average Bonchev–Trinajstić information content (AvgIpc) is 3.40. The Bertz CT molecular complexity index is 1150. The number of fused-ring (bicyclic) bond motifs is 5. The molecule has 0 unspecified atom stereocenters. The van der Waals surface area contributed by atoms with Crippen LogP contribution in [0.25, 0.3) is 12.2 Å². The number of ether oxygens (including phenoxy) is 3. The first kappa shape index (κ1) is 20.6. The van der Waals surface area contributed by atoms with Crippen molar-refractivity contribution in [2.45, 2.75) is 19.1 Å². The zero-order valence-electron chi connectivity index (χ0n) is 18.7. The van der Waals surface area contributed by atoms with E-state index in [9.17, 15) is 0 Å². The average molecular weight is 425 g/mol. The molecule has 0 amide bonds. The molecule has 2 heterocycles. The first-order valence-electron chi connectivity index (χ1n) is 11.1. The van der Waals surface area contributed by atoms with Gasteiger partial charge in [-0.15, -0.1) is 0 Å². The minimum atomic E-state index is -0.0656. The van der Waals surface area contributed by atoms with E-state index in [0.29, 0.717) is 0 Å². The van der Waals surface area contributed by atoms with Crippen LogP contribution in [0.4, 0.5) is 0 Å². The van der Waals surface area contributed by atoms with Gasteiger partial charge in [-0.2, -0.15) is 0 Å². The van der Waals surface area contributed by atoms with E-state index in [0.717, 1.165) is 22.6 Å². The standard InChI is InChI=1S/C29H28O3/c1-19(18-21-12-8-5-9-13-21)25-22(15-14-20-10-6-4-7-11-20)28-26-23(30-2)16-17-24(31-3)27(26)29(25)32-28/h4-18,22,25,28-29H,1-3H3/b15-14+,19-18+/t22-,25+,28-,29+/m0/s1. The van der Waals surface area contributed by atoms with Crippen LogP contribution in [0.5, 0.6) is 11.5 Å². The molecule has 3 aromatic rings. The lowest BCUT2D eigenvalue weighted by atomic mass is 9.71. The molecule has 0 aliphatic carbocycles. The summed E-state index contributed by atoms with van der Waals surface area (Å²) in [6.07, 6.45) is 6.68. The highest BCUT2D eigenvalue weighted by Gasteiger charge is 2.54. The molecule has 2 aliphatic heterocycles. The summed E-state index contributed by atoms with van der Waals surface area (Å²) in [7, 11) is 3.45. The van der Waals surface area contributed by atoms with Crippen molar-refractivity contribution in [2.24, 2.45) is 11.8 Å². The maximum atomic E-state index is 6.65. The van der Waals surface area contributed by atoms with E-state index in [1.54, 1.807) is 14.2 Å². The van der Waals surface area contributed by atoms with Gasteiger partial charge in [0.25, 0.3) is 0 Å². The maximum absolute atomic E-state index is 6.65. The van der Waals surface area contributed by atoms with Crippen LogP contribution in [0.1, 0.15) is 41.4 Å². The Balaban J connectivity index is 1.61. The highest BCUT2D eigenvalue weighted by Crippen LogP contribution is 2.63. The topological polar surface area (TPSA) is 27.7 Å². The Hall–Kier alpha value is -3.30. The van der Waals surface area contributed by atoms with E-state index in [4.69, 9.17) is 14.2 Å². The van der Waals surface area contributed by atoms with Gasteiger partial charge in [-0.25, -0.2) is 0 Å². The minimum Gasteiger partial charge on any atom is -0.496 e. The fraction of sp³-hybridized carbons (Fsp3) is 0.241. The molecule has 0 radical (unpaired) electrons. The van der Waals surface area contributed by atoms with Gasteiger partial charge >= 0.3 is 0 Å². The van der Waals surface area contributed by atoms with Gasteiger partial charge in [0.15, 0.2) is 0 Å². The molecule has 3 nitrogen and oxygen atoms in total. The van der Waals surface area contributed by atoms with E-state index in [2.05, 4.69) is 73.7 Å². The molecule has 3 heteroatoms. The molecule has 5 rings (SSSR count). The molecule has 0 aromatic heterocycles. The van der Waals surface area contributed by atoms with Crippen molar-refractivity contribution in [3.05, 3.63) is 107 Å². The van der Waals surface area contributed by atoms with Gasteiger partial charge in [-0.1, -0.05) is 84.5 Å². The van der Waals surface area contributed by atoms with Crippen molar-refractivity contribution < 1.29 is 14.2 Å². The lowest BCUT2D eigenvalue weighted by molar-refractivity contribution is 0.0580. The molecule has 2 bridgehead atoms. The van der Waals surface area contributed by atoms with E-state index >= 15 is 0 Å². The lowest BCUT2D eigenvalue weighted by Crippen LogP contribution is -2.22. The summed E-state index contributed by atoms with van der Waals surface area (Å²) in [6.45, 7) is 2.22. The molecular formula is C29H28O3. The summed E-state index contributed by atoms with van der Waals surface area (Å²) in [5.74, 6) is 2.16. The van der Waals surface area contributed by atoms with E-state index in [1.165, 1.54) is 16.7 Å². The predicted octanol–water partition coefficient (Wildman–Crippen LogP) is 6.88. The smallest absolute Gasteiger partial charge is 0.125 e. The van der Waals surface area contributed by atoms with Crippen LogP contribution in [-0.4, -0.2) is 14.2 Å². The summed E-state index contributed by atoms with van der Waals surface area (Å²) in [6, 6.07) is 24.9. The number of benzene rings is 3. The van der Waals surface area contributed by atoms with Crippen molar-refractivity contribution in [2.75, 3.05) is 14.2 Å². The molecule has 2 aliphatic rings. The Labute approximate surface area is 190 Å². The third-order valence-corrected chi connectivity index (χ3v) is 6.63. The van der Waals surface area contributed by atoms with Crippen LogP contribution in [0.2, 0.25) is 0 Å². The third kappa shape index (κ3) is 3.53. The summed E-state index contributed by atoms with van der Waals surface area (Å²) in [4.78, 5) is 0. The van der Waals surface area contributed by atoms with Crippen molar-refractivity contribution in [3.8, 4) is 11.5 Å². The number of rotatable bonds is 6. The fourth-order valence-electron chi connectivity index (χ4n) is 5.23. The molecular weight excluding hydrogens is 396 g/mol. The molecule has 1 fully saturated rings. The number of hydrogen-bond acceptors (Lipinski definition) is 3. The normalized spacial score (nSPS) is 24.0. The molecule has 3 aromatic carbocycles. The molecule has 4 atom stereocenters. The zero-order chi connectivity index (χ0) is 22.1. The molecule has 0 spiro atoms. The first-order valence-corrected chi connectivity index (χ1v) is 11.1. The SMILES string of the molecule is COc1ccc(OC)c2c1[C@H]1O[C@@H]2[C@H](/C(C)=C/c2ccccc2)[C@@H]1/C=C/c1ccccc1. The molecule has 0 N–H and O–H groups in total. The Morgan fingerprint density at radius 2 is 1.31 bits per heavy atom. The van der Waals surface area contributed by atoms with Crippen LogP contribution >= 0.6 is 0 Å². The Morgan fingerprint density at radius 1 is 0.750 bits per heavy atom. The van der Waals surface area contributed by atoms with Crippen LogP contribution in [0.3, 0.4) is 0 Å². The van der Waals surface area contributed by atoms with Crippen molar-refractivity contribution in [3.63, 3.8) is 0 Å². The van der Waals surface area contributed by atoms with Crippen LogP contribution in [-0.2, 0) is 4.74 Å². The van der Waals surface area contributed by atoms with E-state index < -0.39 is 0 Å². The van der Waals surface area contributed by atoms with Gasteiger partial charge in [0.2, 0.25) is 0 Å².